The van der Waals surface area contributed by atoms with Crippen LogP contribution in [0.25, 0.3) is 11.4 Å². The van der Waals surface area contributed by atoms with Crippen LogP contribution in [0.4, 0.5) is 4.39 Å². The minimum Gasteiger partial charge on any atom is -0.497 e. The van der Waals surface area contributed by atoms with Crippen LogP contribution in [0.1, 0.15) is 18.4 Å². The Labute approximate surface area is 206 Å². The van der Waals surface area contributed by atoms with E-state index in [1.807, 2.05) is 24.3 Å². The van der Waals surface area contributed by atoms with Gasteiger partial charge in [0, 0.05) is 24.5 Å². The predicted octanol–water partition coefficient (Wildman–Crippen LogP) is 5.67. The second-order valence-electron chi connectivity index (χ2n) is 7.75. The Kier molecular flexibility index (Phi) is 8.18. The lowest BCUT2D eigenvalue weighted by Gasteiger charge is -2.36. The van der Waals surface area contributed by atoms with E-state index in [2.05, 4.69) is 9.97 Å². The topological polar surface area (TPSA) is 71.9 Å². The van der Waals surface area contributed by atoms with Crippen molar-refractivity contribution in [3.8, 4) is 23.0 Å². The van der Waals surface area contributed by atoms with Gasteiger partial charge >= 0.3 is 0 Å². The maximum absolute atomic E-state index is 13.9. The largest absolute Gasteiger partial charge is 0.497 e. The first-order chi connectivity index (χ1) is 16.5. The monoisotopic (exact) mass is 508 g/mol. The minimum absolute atomic E-state index is 0.00944. The van der Waals surface area contributed by atoms with Crippen molar-refractivity contribution in [2.45, 2.75) is 25.0 Å². The van der Waals surface area contributed by atoms with Crippen LogP contribution < -0.4 is 9.47 Å². The summed E-state index contributed by atoms with van der Waals surface area (Å²) >= 11 is 12.0. The Morgan fingerprint density at radius 2 is 1.76 bits per heavy atom. The van der Waals surface area contributed by atoms with Gasteiger partial charge in [0.2, 0.25) is 5.88 Å². The Balaban J connectivity index is 1.44. The molecule has 0 spiro atoms. The lowest BCUT2D eigenvalue weighted by Crippen LogP contribution is -2.46. The number of halogens is 3. The fourth-order valence-electron chi connectivity index (χ4n) is 3.44. The second kappa shape index (κ2) is 11.3. The minimum atomic E-state index is -0.738. The van der Waals surface area contributed by atoms with Gasteiger partial charge in [-0.25, -0.2) is 19.1 Å². The first kappa shape index (κ1) is 24.6. The highest BCUT2D eigenvalue weighted by atomic mass is 35.5. The van der Waals surface area contributed by atoms with E-state index in [9.17, 15) is 4.39 Å². The summed E-state index contributed by atoms with van der Waals surface area (Å²) in [7, 11) is 1.61. The van der Waals surface area contributed by atoms with Crippen LogP contribution >= 0.6 is 23.2 Å². The summed E-state index contributed by atoms with van der Waals surface area (Å²) in [5, 5.41) is 0.171. The van der Waals surface area contributed by atoms with Crippen molar-refractivity contribution in [1.82, 2.24) is 9.97 Å². The van der Waals surface area contributed by atoms with Gasteiger partial charge in [0.25, 0.3) is 0 Å². The van der Waals surface area contributed by atoms with Gasteiger partial charge in [-0.3, -0.25) is 0 Å². The first-order valence-electron chi connectivity index (χ1n) is 10.6. The molecule has 180 valence electrons. The SMILES string of the molecule is COc1ccc(COOCC2(Oc3cc(Cl)nc(-c4ccc(Cl)c(F)c4)n3)CCOCC2)cc1. The highest BCUT2D eigenvalue weighted by Gasteiger charge is 2.37. The standard InChI is InChI=1S/C24H23Cl2FN2O5/c1-30-18-5-2-16(3-6-18)14-32-33-15-24(8-10-31-11-9-24)34-22-13-21(26)28-23(29-22)17-4-7-19(25)20(27)12-17/h2-7,12-13H,8-11,14-15H2,1H3. The maximum Gasteiger partial charge on any atom is 0.219 e. The Bertz CT molecular complexity index is 1110. The van der Waals surface area contributed by atoms with Crippen molar-refractivity contribution in [1.29, 1.82) is 0 Å². The quantitative estimate of drug-likeness (QED) is 0.159. The van der Waals surface area contributed by atoms with E-state index in [1.165, 1.54) is 18.2 Å². The molecule has 0 unspecified atom stereocenters. The number of benzene rings is 2. The van der Waals surface area contributed by atoms with Crippen LogP contribution in [0.15, 0.2) is 48.5 Å². The number of aromatic nitrogens is 2. The van der Waals surface area contributed by atoms with Crippen LogP contribution in [0.3, 0.4) is 0 Å². The van der Waals surface area contributed by atoms with E-state index in [-0.39, 0.29) is 35.1 Å². The molecule has 0 radical (unpaired) electrons. The molecule has 0 N–H and O–H groups in total. The van der Waals surface area contributed by atoms with Crippen molar-refractivity contribution in [3.05, 3.63) is 70.1 Å². The van der Waals surface area contributed by atoms with Gasteiger partial charge in [0.05, 0.1) is 25.3 Å². The molecule has 4 rings (SSSR count). The van der Waals surface area contributed by atoms with Crippen molar-refractivity contribution in [2.24, 2.45) is 0 Å². The molecule has 3 aromatic rings. The second-order valence-corrected chi connectivity index (χ2v) is 8.55. The van der Waals surface area contributed by atoms with Crippen LogP contribution in [0.2, 0.25) is 10.2 Å². The van der Waals surface area contributed by atoms with E-state index < -0.39 is 11.4 Å². The van der Waals surface area contributed by atoms with E-state index in [4.69, 9.17) is 47.2 Å². The number of ether oxygens (including phenoxy) is 3. The van der Waals surface area contributed by atoms with Crippen LogP contribution in [-0.2, 0) is 21.1 Å². The summed E-state index contributed by atoms with van der Waals surface area (Å²) in [5.74, 6) is 0.653. The molecule has 1 fully saturated rings. The zero-order valence-corrected chi connectivity index (χ0v) is 19.9. The molecule has 34 heavy (non-hydrogen) atoms. The summed E-state index contributed by atoms with van der Waals surface area (Å²) in [5.41, 5.74) is 0.623. The third kappa shape index (κ3) is 6.34. The third-order valence-corrected chi connectivity index (χ3v) is 5.86. The van der Waals surface area contributed by atoms with E-state index in [0.717, 1.165) is 11.3 Å². The Morgan fingerprint density at radius 1 is 1.00 bits per heavy atom. The number of hydrogen-bond donors (Lipinski definition) is 0. The molecule has 0 bridgehead atoms. The molecule has 0 aliphatic carbocycles. The first-order valence-corrected chi connectivity index (χ1v) is 11.4. The van der Waals surface area contributed by atoms with Gasteiger partial charge in [-0.1, -0.05) is 35.3 Å². The number of methoxy groups -OCH3 is 1. The van der Waals surface area contributed by atoms with Gasteiger partial charge in [-0.05, 0) is 35.9 Å². The maximum atomic E-state index is 13.9. The molecular formula is C24H23Cl2FN2O5. The fourth-order valence-corrected chi connectivity index (χ4v) is 3.73. The van der Waals surface area contributed by atoms with Crippen molar-refractivity contribution in [2.75, 3.05) is 26.9 Å². The molecule has 2 heterocycles. The summed E-state index contributed by atoms with van der Waals surface area (Å²) in [6.45, 7) is 1.41. The number of rotatable bonds is 9. The number of nitrogens with zero attached hydrogens (tertiary/aromatic N) is 2. The van der Waals surface area contributed by atoms with Crippen molar-refractivity contribution < 1.29 is 28.4 Å². The van der Waals surface area contributed by atoms with Crippen LogP contribution in [0, 0.1) is 5.82 Å². The average molecular weight is 509 g/mol. The zero-order chi connectivity index (χ0) is 24.0. The molecule has 2 aromatic carbocycles. The van der Waals surface area contributed by atoms with Crippen LogP contribution in [0.5, 0.6) is 11.6 Å². The highest BCUT2D eigenvalue weighted by molar-refractivity contribution is 6.30. The molecule has 7 nitrogen and oxygen atoms in total. The van der Waals surface area contributed by atoms with E-state index in [1.54, 1.807) is 13.2 Å². The molecular weight excluding hydrogens is 486 g/mol. The molecule has 0 amide bonds. The van der Waals surface area contributed by atoms with Gasteiger partial charge in [0.1, 0.15) is 35.5 Å². The Hall–Kier alpha value is -2.49. The Morgan fingerprint density at radius 3 is 2.47 bits per heavy atom. The zero-order valence-electron chi connectivity index (χ0n) is 18.4. The predicted molar refractivity (Wildman–Crippen MR) is 125 cm³/mol. The molecule has 0 atom stereocenters. The average Bonchev–Trinajstić information content (AvgIpc) is 2.84. The van der Waals surface area contributed by atoms with E-state index >= 15 is 0 Å². The lowest BCUT2D eigenvalue weighted by molar-refractivity contribution is -0.326. The summed E-state index contributed by atoms with van der Waals surface area (Å²) in [4.78, 5) is 19.6. The molecule has 10 heteroatoms. The molecule has 1 aliphatic heterocycles. The van der Waals surface area contributed by atoms with Gasteiger partial charge in [-0.2, -0.15) is 4.98 Å². The van der Waals surface area contributed by atoms with Gasteiger partial charge < -0.3 is 14.2 Å². The summed E-state index contributed by atoms with van der Waals surface area (Å²) in [6.07, 6.45) is 1.12. The molecule has 0 saturated carbocycles. The normalized spacial score (nSPS) is 15.2. The van der Waals surface area contributed by atoms with Gasteiger partial charge in [-0.15, -0.1) is 0 Å². The lowest BCUT2D eigenvalue weighted by atomic mass is 9.95. The smallest absolute Gasteiger partial charge is 0.219 e. The summed E-state index contributed by atoms with van der Waals surface area (Å²) in [6, 6.07) is 13.3. The van der Waals surface area contributed by atoms with E-state index in [0.29, 0.717) is 31.6 Å². The third-order valence-electron chi connectivity index (χ3n) is 5.36. The number of hydrogen-bond acceptors (Lipinski definition) is 7. The summed E-state index contributed by atoms with van der Waals surface area (Å²) < 4.78 is 30.9. The van der Waals surface area contributed by atoms with Gasteiger partial charge in [0.15, 0.2) is 5.82 Å². The van der Waals surface area contributed by atoms with Crippen molar-refractivity contribution >= 4 is 23.2 Å². The highest BCUT2D eigenvalue weighted by Crippen LogP contribution is 2.31. The van der Waals surface area contributed by atoms with Crippen LogP contribution in [-0.4, -0.2) is 42.5 Å². The fraction of sp³-hybridized carbons (Fsp3) is 0.333. The molecule has 1 aromatic heterocycles. The van der Waals surface area contributed by atoms with Crippen molar-refractivity contribution in [3.63, 3.8) is 0 Å². The molecule has 1 aliphatic rings. The molecule has 1 saturated heterocycles.